The Hall–Kier alpha value is -0.970. The summed E-state index contributed by atoms with van der Waals surface area (Å²) < 4.78 is 0. The van der Waals surface area contributed by atoms with Gasteiger partial charge in [0.05, 0.1) is 0 Å². The number of hydrogen-bond acceptors (Lipinski definition) is 4. The number of aromatic nitrogens is 2. The molecule has 13 heavy (non-hydrogen) atoms. The van der Waals surface area contributed by atoms with Crippen molar-refractivity contribution in [1.82, 2.24) is 10.2 Å². The first-order chi connectivity index (χ1) is 6.26. The van der Waals surface area contributed by atoms with Gasteiger partial charge < -0.3 is 5.32 Å². The van der Waals surface area contributed by atoms with Crippen LogP contribution in [0.5, 0.6) is 0 Å². The van der Waals surface area contributed by atoms with E-state index < -0.39 is 0 Å². The molecule has 0 fully saturated rings. The van der Waals surface area contributed by atoms with Crippen LogP contribution in [0.1, 0.15) is 31.7 Å². The number of hydrogen-bond donors (Lipinski definition) is 1. The molecule has 0 saturated heterocycles. The number of nitrogens with one attached hydrogen (secondary N) is 1. The van der Waals surface area contributed by atoms with Crippen LogP contribution in [0.3, 0.4) is 0 Å². The lowest BCUT2D eigenvalue weighted by molar-refractivity contribution is -0.116. The first-order valence-electron chi connectivity index (χ1n) is 4.38. The second kappa shape index (κ2) is 4.91. The number of nitrogens with zero attached hydrogens (tertiary/aromatic N) is 2. The molecule has 4 nitrogen and oxygen atoms in total. The van der Waals surface area contributed by atoms with Gasteiger partial charge in [0.1, 0.15) is 5.01 Å². The number of amides is 1. The standard InChI is InChI=1S/C8H13N3OS/c1-3-5-6(12)9-8-11-10-7(4-2)13-8/h3-5H2,1-2H3,(H,9,11,12). The lowest BCUT2D eigenvalue weighted by Gasteiger charge is -1.96. The van der Waals surface area contributed by atoms with Crippen molar-refractivity contribution in [2.45, 2.75) is 33.1 Å². The van der Waals surface area contributed by atoms with Gasteiger partial charge in [-0.3, -0.25) is 4.79 Å². The molecule has 1 aromatic rings. The molecule has 0 spiro atoms. The van der Waals surface area contributed by atoms with E-state index in [0.29, 0.717) is 11.6 Å². The van der Waals surface area contributed by atoms with Crippen molar-refractivity contribution in [2.24, 2.45) is 0 Å². The third-order valence-electron chi connectivity index (χ3n) is 1.49. The highest BCUT2D eigenvalue weighted by atomic mass is 32.1. The van der Waals surface area contributed by atoms with Crippen molar-refractivity contribution < 1.29 is 4.79 Å². The topological polar surface area (TPSA) is 54.9 Å². The zero-order valence-corrected chi connectivity index (χ0v) is 8.65. The molecule has 0 aliphatic carbocycles. The molecule has 0 aliphatic heterocycles. The van der Waals surface area contributed by atoms with E-state index in [2.05, 4.69) is 15.5 Å². The number of carbonyl (C=O) groups is 1. The summed E-state index contributed by atoms with van der Waals surface area (Å²) in [5.41, 5.74) is 0. The SMILES string of the molecule is CCCC(=O)Nc1nnc(CC)s1. The van der Waals surface area contributed by atoms with Gasteiger partial charge in [-0.2, -0.15) is 0 Å². The van der Waals surface area contributed by atoms with Crippen molar-refractivity contribution in [1.29, 1.82) is 0 Å². The molecule has 0 aliphatic rings. The van der Waals surface area contributed by atoms with Crippen LogP contribution in [0.4, 0.5) is 5.13 Å². The first kappa shape index (κ1) is 10.1. The molecule has 0 unspecified atom stereocenters. The first-order valence-corrected chi connectivity index (χ1v) is 5.20. The predicted octanol–water partition coefficient (Wildman–Crippen LogP) is 1.84. The van der Waals surface area contributed by atoms with Crippen LogP contribution in [0, 0.1) is 0 Å². The summed E-state index contributed by atoms with van der Waals surface area (Å²) in [6, 6.07) is 0. The van der Waals surface area contributed by atoms with Crippen molar-refractivity contribution >= 4 is 22.4 Å². The average Bonchev–Trinajstić information content (AvgIpc) is 2.52. The Labute approximate surface area is 81.4 Å². The maximum atomic E-state index is 11.1. The number of aryl methyl sites for hydroxylation is 1. The van der Waals surface area contributed by atoms with Crippen molar-refractivity contribution in [2.75, 3.05) is 5.32 Å². The van der Waals surface area contributed by atoms with Crippen LogP contribution in [0.2, 0.25) is 0 Å². The van der Waals surface area contributed by atoms with Gasteiger partial charge in [-0.1, -0.05) is 25.2 Å². The molecule has 1 heterocycles. The molecular formula is C8H13N3OS. The molecule has 1 aromatic heterocycles. The fourth-order valence-electron chi connectivity index (χ4n) is 0.856. The summed E-state index contributed by atoms with van der Waals surface area (Å²) in [6.07, 6.45) is 2.26. The molecular weight excluding hydrogens is 186 g/mol. The van der Waals surface area contributed by atoms with Gasteiger partial charge in [0, 0.05) is 6.42 Å². The van der Waals surface area contributed by atoms with Gasteiger partial charge in [-0.05, 0) is 12.8 Å². The van der Waals surface area contributed by atoms with Crippen LogP contribution in [0.15, 0.2) is 0 Å². The Morgan fingerprint density at radius 3 is 2.77 bits per heavy atom. The van der Waals surface area contributed by atoms with E-state index in [1.807, 2.05) is 13.8 Å². The Morgan fingerprint density at radius 1 is 1.46 bits per heavy atom. The Morgan fingerprint density at radius 2 is 2.23 bits per heavy atom. The molecule has 1 amide bonds. The van der Waals surface area contributed by atoms with E-state index in [9.17, 15) is 4.79 Å². The summed E-state index contributed by atoms with van der Waals surface area (Å²) in [6.45, 7) is 3.98. The number of rotatable bonds is 4. The van der Waals surface area contributed by atoms with Crippen molar-refractivity contribution in [3.05, 3.63) is 5.01 Å². The third kappa shape index (κ3) is 3.10. The van der Waals surface area contributed by atoms with Crippen LogP contribution in [-0.2, 0) is 11.2 Å². The summed E-state index contributed by atoms with van der Waals surface area (Å²) in [7, 11) is 0. The fraction of sp³-hybridized carbons (Fsp3) is 0.625. The van der Waals surface area contributed by atoms with Gasteiger partial charge in [-0.15, -0.1) is 10.2 Å². The second-order valence-corrected chi connectivity index (χ2v) is 3.71. The summed E-state index contributed by atoms with van der Waals surface area (Å²) in [5.74, 6) is 0.0151. The van der Waals surface area contributed by atoms with Crippen molar-refractivity contribution in [3.8, 4) is 0 Å². The van der Waals surface area contributed by atoms with Gasteiger partial charge in [-0.25, -0.2) is 0 Å². The predicted molar refractivity (Wildman–Crippen MR) is 52.8 cm³/mol. The van der Waals surface area contributed by atoms with Gasteiger partial charge in [0.15, 0.2) is 0 Å². The minimum absolute atomic E-state index is 0.0151. The lowest BCUT2D eigenvalue weighted by atomic mass is 10.3. The van der Waals surface area contributed by atoms with Crippen LogP contribution < -0.4 is 5.32 Å². The maximum absolute atomic E-state index is 11.1. The Balaban J connectivity index is 2.49. The van der Waals surface area contributed by atoms with E-state index >= 15 is 0 Å². The third-order valence-corrected chi connectivity index (χ3v) is 2.48. The van der Waals surface area contributed by atoms with Gasteiger partial charge >= 0.3 is 0 Å². The highest BCUT2D eigenvalue weighted by molar-refractivity contribution is 7.15. The Bertz CT molecular complexity index is 285. The zero-order chi connectivity index (χ0) is 9.68. The summed E-state index contributed by atoms with van der Waals surface area (Å²) in [5, 5.41) is 12.0. The van der Waals surface area contributed by atoms with Crippen LogP contribution in [-0.4, -0.2) is 16.1 Å². The number of carbonyl (C=O) groups excluding carboxylic acids is 1. The monoisotopic (exact) mass is 199 g/mol. The smallest absolute Gasteiger partial charge is 0.226 e. The summed E-state index contributed by atoms with van der Waals surface area (Å²) in [4.78, 5) is 11.1. The average molecular weight is 199 g/mol. The van der Waals surface area contributed by atoms with Gasteiger partial charge in [0.2, 0.25) is 11.0 Å². The maximum Gasteiger partial charge on any atom is 0.226 e. The molecule has 1 rings (SSSR count). The van der Waals surface area contributed by atoms with E-state index in [1.54, 1.807) is 0 Å². The lowest BCUT2D eigenvalue weighted by Crippen LogP contribution is -2.10. The molecule has 0 bridgehead atoms. The Kier molecular flexibility index (Phi) is 3.82. The molecule has 0 aromatic carbocycles. The highest BCUT2D eigenvalue weighted by Crippen LogP contribution is 2.15. The van der Waals surface area contributed by atoms with Crippen LogP contribution >= 0.6 is 11.3 Å². The largest absolute Gasteiger partial charge is 0.301 e. The fourth-order valence-corrected chi connectivity index (χ4v) is 1.55. The molecule has 0 atom stereocenters. The van der Waals surface area contributed by atoms with E-state index in [1.165, 1.54) is 11.3 Å². The minimum Gasteiger partial charge on any atom is -0.301 e. The van der Waals surface area contributed by atoms with E-state index in [-0.39, 0.29) is 5.91 Å². The molecule has 0 saturated carbocycles. The molecule has 72 valence electrons. The van der Waals surface area contributed by atoms with Crippen LogP contribution in [0.25, 0.3) is 0 Å². The quantitative estimate of drug-likeness (QED) is 0.805. The van der Waals surface area contributed by atoms with E-state index in [0.717, 1.165) is 17.8 Å². The second-order valence-electron chi connectivity index (χ2n) is 2.65. The number of anilines is 1. The summed E-state index contributed by atoms with van der Waals surface area (Å²) >= 11 is 1.43. The van der Waals surface area contributed by atoms with Gasteiger partial charge in [0.25, 0.3) is 0 Å². The molecule has 5 heteroatoms. The molecule has 1 N–H and O–H groups in total. The van der Waals surface area contributed by atoms with E-state index in [4.69, 9.17) is 0 Å². The highest BCUT2D eigenvalue weighted by Gasteiger charge is 2.05. The molecule has 0 radical (unpaired) electrons. The normalized spacial score (nSPS) is 10.0. The minimum atomic E-state index is 0.0151. The zero-order valence-electron chi connectivity index (χ0n) is 7.83. The van der Waals surface area contributed by atoms with Crippen molar-refractivity contribution in [3.63, 3.8) is 0 Å².